The van der Waals surface area contributed by atoms with Crippen molar-refractivity contribution in [3.63, 3.8) is 0 Å². The van der Waals surface area contributed by atoms with Gasteiger partial charge in [0.05, 0.1) is 5.52 Å². The highest BCUT2D eigenvalue weighted by molar-refractivity contribution is 5.94. The van der Waals surface area contributed by atoms with E-state index in [0.717, 1.165) is 30.6 Å². The van der Waals surface area contributed by atoms with Crippen LogP contribution in [-0.2, 0) is 0 Å². The molecule has 1 aromatic heterocycles. The van der Waals surface area contributed by atoms with Crippen LogP contribution in [0.5, 0.6) is 0 Å². The van der Waals surface area contributed by atoms with Crippen LogP contribution in [-0.4, -0.2) is 33.6 Å². The summed E-state index contributed by atoms with van der Waals surface area (Å²) in [7, 11) is 0. The predicted octanol–water partition coefficient (Wildman–Crippen LogP) is 2.32. The van der Waals surface area contributed by atoms with Crippen LogP contribution in [0.15, 0.2) is 24.3 Å². The number of carboxylic acids is 1. The highest BCUT2D eigenvalue weighted by Gasteiger charge is 2.25. The zero-order chi connectivity index (χ0) is 13.4. The van der Waals surface area contributed by atoms with Gasteiger partial charge >= 0.3 is 5.97 Å². The lowest BCUT2D eigenvalue weighted by Crippen LogP contribution is -2.28. The number of anilines is 1. The quantitative estimate of drug-likeness (QED) is 0.894. The van der Waals surface area contributed by atoms with Crippen LogP contribution >= 0.6 is 0 Å². The van der Waals surface area contributed by atoms with Gasteiger partial charge in [-0.05, 0) is 31.9 Å². The molecule has 0 saturated carbocycles. The summed E-state index contributed by atoms with van der Waals surface area (Å²) < 4.78 is 0. The minimum atomic E-state index is -1.08. The van der Waals surface area contributed by atoms with Gasteiger partial charge in [-0.3, -0.25) is 0 Å². The third-order valence-corrected chi connectivity index (χ3v) is 3.60. The first-order valence-corrected chi connectivity index (χ1v) is 6.43. The molecule has 1 fully saturated rings. The molecule has 1 aliphatic rings. The van der Waals surface area contributed by atoms with Crippen molar-refractivity contribution in [3.05, 3.63) is 30.1 Å². The normalized spacial score (nSPS) is 19.0. The Morgan fingerprint density at radius 2 is 2.16 bits per heavy atom. The fourth-order valence-corrected chi connectivity index (χ4v) is 2.62. The lowest BCUT2D eigenvalue weighted by Gasteiger charge is -2.24. The number of carbonyl (C=O) groups is 1. The first-order chi connectivity index (χ1) is 9.16. The van der Waals surface area contributed by atoms with E-state index in [-0.39, 0.29) is 5.82 Å². The van der Waals surface area contributed by atoms with Crippen molar-refractivity contribution >= 4 is 22.7 Å². The number of aromatic nitrogens is 2. The molecule has 3 rings (SSSR count). The summed E-state index contributed by atoms with van der Waals surface area (Å²) in [5.74, 6) is -0.473. The fraction of sp³-hybridized carbons (Fsp3) is 0.357. The molecule has 1 N–H and O–H groups in total. The smallest absolute Gasteiger partial charge is 0.374 e. The van der Waals surface area contributed by atoms with Crippen molar-refractivity contribution < 1.29 is 9.90 Å². The van der Waals surface area contributed by atoms with Gasteiger partial charge in [-0.2, -0.15) is 0 Å². The molecule has 1 aromatic carbocycles. The lowest BCUT2D eigenvalue weighted by atomic mass is 10.2. The van der Waals surface area contributed by atoms with Crippen LogP contribution in [0.2, 0.25) is 0 Å². The number of rotatable bonds is 2. The molecule has 1 aliphatic heterocycles. The Morgan fingerprint density at radius 3 is 2.84 bits per heavy atom. The average Bonchev–Trinajstić information content (AvgIpc) is 2.83. The Balaban J connectivity index is 2.23. The van der Waals surface area contributed by atoms with Crippen molar-refractivity contribution in [1.82, 2.24) is 9.97 Å². The third-order valence-electron chi connectivity index (χ3n) is 3.60. The van der Waals surface area contributed by atoms with Crippen LogP contribution in [0.4, 0.5) is 5.82 Å². The van der Waals surface area contributed by atoms with E-state index >= 15 is 0 Å². The summed E-state index contributed by atoms with van der Waals surface area (Å²) in [6.45, 7) is 3.06. The van der Waals surface area contributed by atoms with E-state index in [4.69, 9.17) is 5.11 Å². The summed E-state index contributed by atoms with van der Waals surface area (Å²) in [6.07, 6.45) is 2.22. The van der Waals surface area contributed by atoms with Gasteiger partial charge in [0.25, 0.3) is 0 Å². The average molecular weight is 257 g/mol. The number of aromatic carboxylic acids is 1. The molecular formula is C14H15N3O2. The molecule has 5 nitrogen and oxygen atoms in total. The van der Waals surface area contributed by atoms with E-state index in [0.29, 0.717) is 11.6 Å². The summed E-state index contributed by atoms with van der Waals surface area (Å²) in [4.78, 5) is 21.7. The molecule has 1 saturated heterocycles. The number of nitrogens with zero attached hydrogens (tertiary/aromatic N) is 3. The maximum absolute atomic E-state index is 11.1. The number of carboxylic acid groups (broad SMARTS) is 1. The molecule has 0 aliphatic carbocycles. The van der Waals surface area contributed by atoms with Crippen LogP contribution in [0.1, 0.15) is 30.4 Å². The van der Waals surface area contributed by atoms with Gasteiger partial charge < -0.3 is 10.0 Å². The Bertz CT molecular complexity index is 642. The highest BCUT2D eigenvalue weighted by Crippen LogP contribution is 2.29. The molecule has 98 valence electrons. The second kappa shape index (κ2) is 4.50. The van der Waals surface area contributed by atoms with E-state index < -0.39 is 5.97 Å². The maximum atomic E-state index is 11.1. The van der Waals surface area contributed by atoms with Gasteiger partial charge in [-0.1, -0.05) is 12.1 Å². The third kappa shape index (κ3) is 2.01. The summed E-state index contributed by atoms with van der Waals surface area (Å²) in [5.41, 5.74) is 0.684. The molecule has 2 aromatic rings. The van der Waals surface area contributed by atoms with Crippen LogP contribution < -0.4 is 4.90 Å². The largest absolute Gasteiger partial charge is 0.475 e. The summed E-state index contributed by atoms with van der Waals surface area (Å²) >= 11 is 0. The molecule has 0 radical (unpaired) electrons. The van der Waals surface area contributed by atoms with E-state index in [1.807, 2.05) is 24.3 Å². The van der Waals surface area contributed by atoms with Gasteiger partial charge in [-0.25, -0.2) is 14.8 Å². The minimum absolute atomic E-state index is 0.132. The number of benzene rings is 1. The molecule has 1 unspecified atom stereocenters. The molecular weight excluding hydrogens is 242 g/mol. The summed E-state index contributed by atoms with van der Waals surface area (Å²) in [5, 5.41) is 10.1. The lowest BCUT2D eigenvalue weighted by molar-refractivity contribution is 0.0684. The number of fused-ring (bicyclic) bond motifs is 1. The van der Waals surface area contributed by atoms with Crippen molar-refractivity contribution in [3.8, 4) is 0 Å². The number of hydrogen-bond donors (Lipinski definition) is 1. The molecule has 0 amide bonds. The van der Waals surface area contributed by atoms with Crippen LogP contribution in [0.25, 0.3) is 10.9 Å². The Labute approximate surface area is 110 Å². The molecule has 1 atom stereocenters. The SMILES string of the molecule is CC1CCCN1c1nc(C(=O)O)nc2ccccc12. The molecule has 0 bridgehead atoms. The first-order valence-electron chi connectivity index (χ1n) is 6.43. The second-order valence-corrected chi connectivity index (χ2v) is 4.88. The maximum Gasteiger partial charge on any atom is 0.374 e. The molecule has 0 spiro atoms. The van der Waals surface area contributed by atoms with Gasteiger partial charge in [-0.15, -0.1) is 0 Å². The molecule has 2 heterocycles. The summed E-state index contributed by atoms with van der Waals surface area (Å²) in [6, 6.07) is 7.95. The van der Waals surface area contributed by atoms with E-state index in [1.54, 1.807) is 0 Å². The van der Waals surface area contributed by atoms with Gasteiger partial charge in [0.2, 0.25) is 5.82 Å². The molecule has 5 heteroatoms. The monoisotopic (exact) mass is 257 g/mol. The Kier molecular flexibility index (Phi) is 2.81. The Morgan fingerprint density at radius 1 is 1.37 bits per heavy atom. The predicted molar refractivity (Wildman–Crippen MR) is 72.5 cm³/mol. The van der Waals surface area contributed by atoms with Crippen LogP contribution in [0, 0.1) is 0 Å². The fourth-order valence-electron chi connectivity index (χ4n) is 2.62. The Hall–Kier alpha value is -2.17. The standard InChI is InChI=1S/C14H15N3O2/c1-9-5-4-8-17(9)13-10-6-2-3-7-11(10)15-12(16-13)14(18)19/h2-3,6-7,9H,4-5,8H2,1H3,(H,18,19). The van der Waals surface area contributed by atoms with Crippen molar-refractivity contribution in [2.24, 2.45) is 0 Å². The molecule has 19 heavy (non-hydrogen) atoms. The van der Waals surface area contributed by atoms with Crippen molar-refractivity contribution in [2.45, 2.75) is 25.8 Å². The van der Waals surface area contributed by atoms with Gasteiger partial charge in [0.15, 0.2) is 0 Å². The van der Waals surface area contributed by atoms with Gasteiger partial charge in [0, 0.05) is 18.0 Å². The zero-order valence-corrected chi connectivity index (χ0v) is 10.7. The van der Waals surface area contributed by atoms with E-state index in [1.165, 1.54) is 0 Å². The van der Waals surface area contributed by atoms with Crippen molar-refractivity contribution in [1.29, 1.82) is 0 Å². The number of hydrogen-bond acceptors (Lipinski definition) is 4. The highest BCUT2D eigenvalue weighted by atomic mass is 16.4. The van der Waals surface area contributed by atoms with Crippen LogP contribution in [0.3, 0.4) is 0 Å². The van der Waals surface area contributed by atoms with E-state index in [2.05, 4.69) is 21.8 Å². The first kappa shape index (κ1) is 11.9. The topological polar surface area (TPSA) is 66.3 Å². The van der Waals surface area contributed by atoms with Gasteiger partial charge in [0.1, 0.15) is 5.82 Å². The number of para-hydroxylation sites is 1. The van der Waals surface area contributed by atoms with E-state index in [9.17, 15) is 4.79 Å². The minimum Gasteiger partial charge on any atom is -0.475 e. The zero-order valence-electron chi connectivity index (χ0n) is 10.7. The van der Waals surface area contributed by atoms with Crippen molar-refractivity contribution in [2.75, 3.05) is 11.4 Å². The second-order valence-electron chi connectivity index (χ2n) is 4.88.